The van der Waals surface area contributed by atoms with E-state index in [0.29, 0.717) is 0 Å². The van der Waals surface area contributed by atoms with Crippen molar-refractivity contribution in [3.8, 4) is 0 Å². The summed E-state index contributed by atoms with van der Waals surface area (Å²) in [6.45, 7) is 7.14. The second-order valence-electron chi connectivity index (χ2n) is 6.09. The van der Waals surface area contributed by atoms with Gasteiger partial charge in [-0.25, -0.2) is 14.8 Å². The summed E-state index contributed by atoms with van der Waals surface area (Å²) in [5.74, 6) is -2.17. The van der Waals surface area contributed by atoms with Gasteiger partial charge in [0, 0.05) is 6.54 Å². The van der Waals surface area contributed by atoms with Crippen molar-refractivity contribution in [1.29, 1.82) is 0 Å². The maximum atomic E-state index is 12.7. The molecule has 1 aromatic heterocycles. The van der Waals surface area contributed by atoms with Crippen molar-refractivity contribution < 1.29 is 33.4 Å². The smallest absolute Gasteiger partial charge is 0.358 e. The molecule has 1 aromatic rings. The average Bonchev–Trinajstić information content (AvgIpc) is 3.24. The van der Waals surface area contributed by atoms with Crippen LogP contribution in [0, 0.1) is 0 Å². The van der Waals surface area contributed by atoms with E-state index in [4.69, 9.17) is 9.47 Å². The molecule has 2 rings (SSSR count). The number of esters is 3. The average molecular weight is 452 g/mol. The Kier molecular flexibility index (Phi) is 8.79. The lowest BCUT2D eigenvalue weighted by Gasteiger charge is -2.13. The summed E-state index contributed by atoms with van der Waals surface area (Å²) in [6, 6.07) is 0. The molecule has 1 unspecified atom stereocenters. The zero-order chi connectivity index (χ0) is 23.0. The number of hydrogen-bond donors (Lipinski definition) is 0. The van der Waals surface area contributed by atoms with Gasteiger partial charge < -0.3 is 18.8 Å². The molecule has 1 saturated heterocycles. The van der Waals surface area contributed by atoms with Crippen LogP contribution in [0.5, 0.6) is 0 Å². The number of aromatic nitrogens is 2. The minimum Gasteiger partial charge on any atom is -0.469 e. The van der Waals surface area contributed by atoms with Crippen molar-refractivity contribution in [3.05, 3.63) is 24.7 Å². The number of nitrogens with zero attached hydrogens (tertiary/aromatic N) is 4. The molecule has 0 radical (unpaired) electrons. The number of thioether (sulfide) groups is 1. The first-order chi connectivity index (χ1) is 14.9. The van der Waals surface area contributed by atoms with Gasteiger partial charge in [0.15, 0.2) is 16.7 Å². The van der Waals surface area contributed by atoms with Gasteiger partial charge in [-0.1, -0.05) is 17.8 Å². The number of methoxy groups -OCH3 is 1. The highest BCUT2D eigenvalue weighted by Crippen LogP contribution is 2.32. The van der Waals surface area contributed by atoms with E-state index in [1.807, 2.05) is 0 Å². The number of imidazole rings is 1. The fraction of sp³-hybridized carbons (Fsp3) is 0.474. The first-order valence-corrected chi connectivity index (χ1v) is 10.4. The SMILES string of the molecule is C=CCN1C(=O)C(CC(=O)OC)S/C1=N/c1ncn(CC(=O)OCC)c1C(=O)OCC. The van der Waals surface area contributed by atoms with E-state index in [-0.39, 0.29) is 55.3 Å². The maximum absolute atomic E-state index is 12.7. The number of carbonyl (C=O) groups excluding carboxylic acids is 4. The van der Waals surface area contributed by atoms with Crippen LogP contribution in [0.3, 0.4) is 0 Å². The summed E-state index contributed by atoms with van der Waals surface area (Å²) in [5, 5.41) is -0.482. The van der Waals surface area contributed by atoms with E-state index in [2.05, 4.69) is 21.3 Å². The van der Waals surface area contributed by atoms with Gasteiger partial charge in [0.1, 0.15) is 11.8 Å². The molecule has 1 amide bonds. The third kappa shape index (κ3) is 5.94. The third-order valence-corrected chi connectivity index (χ3v) is 5.18. The van der Waals surface area contributed by atoms with Gasteiger partial charge >= 0.3 is 17.9 Å². The summed E-state index contributed by atoms with van der Waals surface area (Å²) in [6.07, 6.45) is 2.66. The molecule has 0 aliphatic carbocycles. The molecule has 12 heteroatoms. The molecule has 0 saturated carbocycles. The third-order valence-electron chi connectivity index (χ3n) is 4.00. The van der Waals surface area contributed by atoms with Crippen molar-refractivity contribution in [2.75, 3.05) is 26.9 Å². The molecule has 1 aliphatic heterocycles. The van der Waals surface area contributed by atoms with Gasteiger partial charge in [0.05, 0.1) is 33.1 Å². The Morgan fingerprint density at radius 2 is 1.97 bits per heavy atom. The van der Waals surface area contributed by atoms with Crippen LogP contribution in [-0.2, 0) is 35.1 Å². The molecule has 11 nitrogen and oxygen atoms in total. The summed E-state index contributed by atoms with van der Waals surface area (Å²) in [4.78, 5) is 58.5. The van der Waals surface area contributed by atoms with Gasteiger partial charge in [0.25, 0.3) is 0 Å². The molecule has 168 valence electrons. The number of rotatable bonds is 10. The van der Waals surface area contributed by atoms with E-state index in [9.17, 15) is 19.2 Å². The first-order valence-electron chi connectivity index (χ1n) is 9.48. The normalized spacial score (nSPS) is 17.0. The minimum atomic E-state index is -0.723. The molecule has 0 aromatic carbocycles. The van der Waals surface area contributed by atoms with Crippen LogP contribution in [0.15, 0.2) is 24.0 Å². The van der Waals surface area contributed by atoms with Crippen LogP contribution >= 0.6 is 11.8 Å². The molecule has 0 spiro atoms. The zero-order valence-corrected chi connectivity index (χ0v) is 18.3. The second-order valence-corrected chi connectivity index (χ2v) is 7.26. The van der Waals surface area contributed by atoms with Crippen LogP contribution in [0.1, 0.15) is 30.8 Å². The Morgan fingerprint density at radius 1 is 1.26 bits per heavy atom. The lowest BCUT2D eigenvalue weighted by Crippen LogP contribution is -2.33. The molecule has 31 heavy (non-hydrogen) atoms. The largest absolute Gasteiger partial charge is 0.469 e. The van der Waals surface area contributed by atoms with E-state index in [1.54, 1.807) is 13.8 Å². The number of amides is 1. The van der Waals surface area contributed by atoms with E-state index < -0.39 is 23.2 Å². The van der Waals surface area contributed by atoms with Crippen molar-refractivity contribution in [2.45, 2.75) is 32.1 Å². The molecular formula is C19H24N4O7S. The number of carbonyl (C=O) groups is 4. The highest BCUT2D eigenvalue weighted by atomic mass is 32.2. The number of amidine groups is 1. The van der Waals surface area contributed by atoms with Crippen LogP contribution in [0.2, 0.25) is 0 Å². The van der Waals surface area contributed by atoms with Crippen LogP contribution < -0.4 is 0 Å². The molecule has 2 heterocycles. The monoisotopic (exact) mass is 452 g/mol. The van der Waals surface area contributed by atoms with Gasteiger partial charge in [-0.2, -0.15) is 0 Å². The van der Waals surface area contributed by atoms with Crippen LogP contribution in [0.25, 0.3) is 0 Å². The molecule has 0 bridgehead atoms. The highest BCUT2D eigenvalue weighted by molar-refractivity contribution is 8.15. The predicted molar refractivity (Wildman–Crippen MR) is 112 cm³/mol. The lowest BCUT2D eigenvalue weighted by atomic mass is 10.2. The van der Waals surface area contributed by atoms with Crippen molar-refractivity contribution >= 4 is 46.6 Å². The Labute approximate surface area is 183 Å². The fourth-order valence-electron chi connectivity index (χ4n) is 2.67. The first kappa shape index (κ1) is 24.1. The number of ether oxygens (including phenoxy) is 3. The van der Waals surface area contributed by atoms with E-state index in [1.165, 1.54) is 29.0 Å². The summed E-state index contributed by atoms with van der Waals surface area (Å²) < 4.78 is 15.9. The van der Waals surface area contributed by atoms with Gasteiger partial charge in [0.2, 0.25) is 5.91 Å². The topological polar surface area (TPSA) is 129 Å². The Balaban J connectivity index is 2.42. The van der Waals surface area contributed by atoms with Crippen LogP contribution in [0.4, 0.5) is 5.82 Å². The standard InChI is InChI=1S/C19H24N4O7S/c1-5-8-23-17(26)12(9-13(24)28-4)31-19(23)21-16-15(18(27)30-7-3)22(11-20-16)10-14(25)29-6-2/h5,11-12H,1,6-10H2,2-4H3/b21-19+. The summed E-state index contributed by atoms with van der Waals surface area (Å²) >= 11 is 1.06. The summed E-state index contributed by atoms with van der Waals surface area (Å²) in [7, 11) is 1.24. The molecular weight excluding hydrogens is 428 g/mol. The van der Waals surface area contributed by atoms with Crippen molar-refractivity contribution in [2.24, 2.45) is 4.99 Å². The fourth-order valence-corrected chi connectivity index (χ4v) is 3.81. The minimum absolute atomic E-state index is 0.0224. The maximum Gasteiger partial charge on any atom is 0.358 e. The Bertz CT molecular complexity index is 896. The molecule has 0 N–H and O–H groups in total. The highest BCUT2D eigenvalue weighted by Gasteiger charge is 2.39. The lowest BCUT2D eigenvalue weighted by molar-refractivity contribution is -0.144. The van der Waals surface area contributed by atoms with Gasteiger partial charge in [-0.3, -0.25) is 19.3 Å². The second kappa shape index (κ2) is 11.3. The zero-order valence-electron chi connectivity index (χ0n) is 17.5. The van der Waals surface area contributed by atoms with Gasteiger partial charge in [-0.05, 0) is 13.8 Å². The van der Waals surface area contributed by atoms with Crippen LogP contribution in [-0.4, -0.2) is 75.6 Å². The number of aliphatic imine (C=N–C) groups is 1. The predicted octanol–water partition coefficient (Wildman–Crippen LogP) is 1.30. The van der Waals surface area contributed by atoms with E-state index in [0.717, 1.165) is 11.8 Å². The van der Waals surface area contributed by atoms with Crippen molar-refractivity contribution in [3.63, 3.8) is 0 Å². The van der Waals surface area contributed by atoms with Crippen molar-refractivity contribution in [1.82, 2.24) is 14.5 Å². The summed E-state index contributed by atoms with van der Waals surface area (Å²) in [5.41, 5.74) is -0.0505. The quantitative estimate of drug-likeness (QED) is 0.293. The molecule has 1 aliphatic rings. The van der Waals surface area contributed by atoms with Gasteiger partial charge in [-0.15, -0.1) is 6.58 Å². The Morgan fingerprint density at radius 3 is 2.58 bits per heavy atom. The number of hydrogen-bond acceptors (Lipinski definition) is 10. The molecule has 1 atom stereocenters. The Hall–Kier alpha value is -3.15. The molecule has 1 fully saturated rings. The van der Waals surface area contributed by atoms with E-state index >= 15 is 0 Å².